The van der Waals surface area contributed by atoms with Crippen LogP contribution in [0.4, 0.5) is 13.2 Å². The minimum atomic E-state index is -4.58. The Balaban J connectivity index is 2.21. The molecule has 0 radical (unpaired) electrons. The molecule has 1 aromatic carbocycles. The summed E-state index contributed by atoms with van der Waals surface area (Å²) in [5.41, 5.74) is -0.808. The Hall–Kier alpha value is -1.27. The number of rotatable bonds is 0. The van der Waals surface area contributed by atoms with Gasteiger partial charge in [-0.3, -0.25) is 4.79 Å². The number of amides is 1. The van der Waals surface area contributed by atoms with Crippen molar-refractivity contribution in [3.8, 4) is 0 Å². The van der Waals surface area contributed by atoms with Gasteiger partial charge >= 0.3 is 6.18 Å². The number of nitrogens with zero attached hydrogens (tertiary/aromatic N) is 1. The zero-order valence-electron chi connectivity index (χ0n) is 9.72. The number of hydrogen-bond donors (Lipinski definition) is 1. The molecule has 0 aliphatic carbocycles. The van der Waals surface area contributed by atoms with Crippen LogP contribution in [0.15, 0.2) is 12.1 Å². The van der Waals surface area contributed by atoms with Crippen molar-refractivity contribution in [3.05, 3.63) is 33.8 Å². The van der Waals surface area contributed by atoms with E-state index in [1.54, 1.807) is 0 Å². The predicted molar refractivity (Wildman–Crippen MR) is 63.1 cm³/mol. The summed E-state index contributed by atoms with van der Waals surface area (Å²) in [5.74, 6) is -0.550. The smallest absolute Gasteiger partial charge is 0.329 e. The van der Waals surface area contributed by atoms with Crippen molar-refractivity contribution in [3.63, 3.8) is 0 Å². The first kappa shape index (κ1) is 12.7. The normalized spacial score (nSPS) is 22.4. The summed E-state index contributed by atoms with van der Waals surface area (Å²) in [6, 6.07) is 1.93. The Morgan fingerprint density at radius 3 is 2.79 bits per heavy atom. The zero-order valence-corrected chi connectivity index (χ0v) is 10.5. The molecule has 1 saturated heterocycles. The Morgan fingerprint density at radius 1 is 1.37 bits per heavy atom. The van der Waals surface area contributed by atoms with Crippen LogP contribution in [0.3, 0.4) is 0 Å². The maximum atomic E-state index is 13.0. The third kappa shape index (κ3) is 1.90. The Labute approximate surface area is 112 Å². The van der Waals surface area contributed by atoms with Crippen LogP contribution in [0.5, 0.6) is 0 Å². The molecule has 1 aromatic rings. The molecular weight excluding hydrogens is 281 g/mol. The SMILES string of the molecule is O=C1c2c(cc(Cl)cc2C(F)(F)F)C2CNCCN12. The fourth-order valence-electron chi connectivity index (χ4n) is 2.72. The lowest BCUT2D eigenvalue weighted by molar-refractivity contribution is -0.137. The molecule has 1 unspecified atom stereocenters. The second-order valence-corrected chi connectivity index (χ2v) is 5.07. The topological polar surface area (TPSA) is 32.3 Å². The van der Waals surface area contributed by atoms with E-state index in [9.17, 15) is 18.0 Å². The van der Waals surface area contributed by atoms with Crippen molar-refractivity contribution < 1.29 is 18.0 Å². The molecule has 7 heteroatoms. The molecule has 0 saturated carbocycles. The van der Waals surface area contributed by atoms with Crippen molar-refractivity contribution in [2.45, 2.75) is 12.2 Å². The van der Waals surface area contributed by atoms with E-state index in [1.807, 2.05) is 0 Å². The zero-order chi connectivity index (χ0) is 13.8. The summed E-state index contributed by atoms with van der Waals surface area (Å²) in [5, 5.41) is 3.08. The number of carbonyl (C=O) groups is 1. The molecule has 1 N–H and O–H groups in total. The van der Waals surface area contributed by atoms with E-state index < -0.39 is 17.6 Å². The average molecular weight is 291 g/mol. The second-order valence-electron chi connectivity index (χ2n) is 4.63. The van der Waals surface area contributed by atoms with Gasteiger partial charge in [0.2, 0.25) is 0 Å². The van der Waals surface area contributed by atoms with Crippen LogP contribution in [0.25, 0.3) is 0 Å². The highest BCUT2D eigenvalue weighted by Crippen LogP contribution is 2.43. The van der Waals surface area contributed by atoms with Gasteiger partial charge in [-0.25, -0.2) is 0 Å². The summed E-state index contributed by atoms with van der Waals surface area (Å²) in [6.45, 7) is 1.45. The lowest BCUT2D eigenvalue weighted by Gasteiger charge is -2.30. The van der Waals surface area contributed by atoms with Crippen molar-refractivity contribution in [2.75, 3.05) is 19.6 Å². The maximum Gasteiger partial charge on any atom is 0.417 e. The summed E-state index contributed by atoms with van der Waals surface area (Å²) < 4.78 is 39.1. The molecule has 1 amide bonds. The van der Waals surface area contributed by atoms with Gasteiger partial charge in [0, 0.05) is 24.7 Å². The van der Waals surface area contributed by atoms with Gasteiger partial charge in [-0.05, 0) is 17.7 Å². The Bertz CT molecular complexity index is 559. The molecule has 0 aromatic heterocycles. The molecule has 0 spiro atoms. The summed E-state index contributed by atoms with van der Waals surface area (Å²) in [6.07, 6.45) is -4.58. The Morgan fingerprint density at radius 2 is 2.11 bits per heavy atom. The number of nitrogens with one attached hydrogen (secondary N) is 1. The van der Waals surface area contributed by atoms with E-state index >= 15 is 0 Å². The highest BCUT2D eigenvalue weighted by molar-refractivity contribution is 6.31. The lowest BCUT2D eigenvalue weighted by atomic mass is 9.98. The second kappa shape index (κ2) is 4.11. The highest BCUT2D eigenvalue weighted by Gasteiger charge is 2.45. The molecule has 2 aliphatic heterocycles. The van der Waals surface area contributed by atoms with Crippen LogP contribution < -0.4 is 5.32 Å². The van der Waals surface area contributed by atoms with E-state index in [2.05, 4.69) is 5.32 Å². The van der Waals surface area contributed by atoms with Crippen LogP contribution >= 0.6 is 11.6 Å². The van der Waals surface area contributed by atoms with E-state index in [1.165, 1.54) is 11.0 Å². The molecule has 2 heterocycles. The van der Waals surface area contributed by atoms with Crippen LogP contribution in [0, 0.1) is 0 Å². The fraction of sp³-hybridized carbons (Fsp3) is 0.417. The van der Waals surface area contributed by atoms with E-state index in [-0.39, 0.29) is 16.6 Å². The molecule has 19 heavy (non-hydrogen) atoms. The van der Waals surface area contributed by atoms with Gasteiger partial charge in [-0.1, -0.05) is 11.6 Å². The van der Waals surface area contributed by atoms with Gasteiger partial charge in [0.05, 0.1) is 17.2 Å². The monoisotopic (exact) mass is 290 g/mol. The first-order valence-corrected chi connectivity index (χ1v) is 6.19. The van der Waals surface area contributed by atoms with Gasteiger partial charge in [0.25, 0.3) is 5.91 Å². The van der Waals surface area contributed by atoms with E-state index in [4.69, 9.17) is 11.6 Å². The van der Waals surface area contributed by atoms with Crippen molar-refractivity contribution in [2.24, 2.45) is 0 Å². The summed E-state index contributed by atoms with van der Waals surface area (Å²) in [4.78, 5) is 13.6. The van der Waals surface area contributed by atoms with Crippen molar-refractivity contribution in [1.29, 1.82) is 0 Å². The van der Waals surface area contributed by atoms with Gasteiger partial charge in [-0.15, -0.1) is 0 Å². The molecule has 3 rings (SSSR count). The minimum absolute atomic E-state index is 0.00583. The number of halogens is 4. The summed E-state index contributed by atoms with van der Waals surface area (Å²) in [7, 11) is 0. The van der Waals surface area contributed by atoms with Crippen LogP contribution in [0.1, 0.15) is 27.5 Å². The summed E-state index contributed by atoms with van der Waals surface area (Å²) >= 11 is 5.76. The van der Waals surface area contributed by atoms with Crippen molar-refractivity contribution >= 4 is 17.5 Å². The van der Waals surface area contributed by atoms with Crippen LogP contribution in [-0.2, 0) is 6.18 Å². The molecule has 1 fully saturated rings. The first-order valence-electron chi connectivity index (χ1n) is 5.82. The van der Waals surface area contributed by atoms with Gasteiger partial charge in [0.1, 0.15) is 0 Å². The standard InChI is InChI=1S/C12H10ClF3N2O/c13-6-3-7-9-5-17-1-2-18(9)11(19)10(7)8(4-6)12(14,15)16/h3-4,9,17H,1-2,5H2. The molecule has 2 aliphatic rings. The number of fused-ring (bicyclic) bond motifs is 3. The molecule has 102 valence electrons. The number of hydrogen-bond acceptors (Lipinski definition) is 2. The van der Waals surface area contributed by atoms with Gasteiger partial charge in [-0.2, -0.15) is 13.2 Å². The van der Waals surface area contributed by atoms with E-state index in [0.717, 1.165) is 6.07 Å². The fourth-order valence-corrected chi connectivity index (χ4v) is 2.95. The lowest BCUT2D eigenvalue weighted by Crippen LogP contribution is -2.44. The molecule has 1 atom stereocenters. The third-order valence-corrected chi connectivity index (χ3v) is 3.73. The van der Waals surface area contributed by atoms with E-state index in [0.29, 0.717) is 25.2 Å². The number of piperazine rings is 1. The number of carbonyl (C=O) groups excluding carboxylic acids is 1. The number of benzene rings is 1. The highest BCUT2D eigenvalue weighted by atomic mass is 35.5. The maximum absolute atomic E-state index is 13.0. The molecule has 0 bridgehead atoms. The van der Waals surface area contributed by atoms with Crippen LogP contribution in [-0.4, -0.2) is 30.4 Å². The largest absolute Gasteiger partial charge is 0.417 e. The minimum Gasteiger partial charge on any atom is -0.329 e. The molecule has 3 nitrogen and oxygen atoms in total. The quantitative estimate of drug-likeness (QED) is 0.796. The predicted octanol–water partition coefficient (Wildman–Crippen LogP) is 2.46. The van der Waals surface area contributed by atoms with Gasteiger partial charge in [0.15, 0.2) is 0 Å². The van der Waals surface area contributed by atoms with Gasteiger partial charge < -0.3 is 10.2 Å². The average Bonchev–Trinajstić information content (AvgIpc) is 2.62. The number of alkyl halides is 3. The van der Waals surface area contributed by atoms with Crippen molar-refractivity contribution in [1.82, 2.24) is 10.2 Å². The molecular formula is C12H10ClF3N2O. The first-order chi connectivity index (χ1) is 8.89. The Kier molecular flexibility index (Phi) is 2.76. The third-order valence-electron chi connectivity index (χ3n) is 3.52. The van der Waals surface area contributed by atoms with Crippen LogP contribution in [0.2, 0.25) is 5.02 Å².